The molecule has 94 valence electrons. The van der Waals surface area contributed by atoms with Gasteiger partial charge in [0.05, 0.1) is 19.5 Å². The molecule has 0 aliphatic rings. The monoisotopic (exact) mass is 245 g/mol. The predicted molar refractivity (Wildman–Crippen MR) is 69.7 cm³/mol. The maximum Gasteiger partial charge on any atom is 0.238 e. The number of carbonyl (C=O) groups excluding carboxylic acids is 2. The van der Waals surface area contributed by atoms with Crippen LogP contribution in [0, 0.1) is 12.3 Å². The van der Waals surface area contributed by atoms with Crippen molar-refractivity contribution >= 4 is 17.5 Å². The summed E-state index contributed by atoms with van der Waals surface area (Å²) in [5.41, 5.74) is 6.55. The van der Waals surface area contributed by atoms with E-state index >= 15 is 0 Å². The largest absolute Gasteiger partial charge is 0.369 e. The second-order valence-electron chi connectivity index (χ2n) is 3.70. The van der Waals surface area contributed by atoms with Gasteiger partial charge in [0.25, 0.3) is 0 Å². The molecule has 0 aliphatic heterocycles. The summed E-state index contributed by atoms with van der Waals surface area (Å²) in [5, 5.41) is 5.48. The minimum Gasteiger partial charge on any atom is -0.369 e. The van der Waals surface area contributed by atoms with E-state index in [2.05, 4.69) is 16.6 Å². The number of benzene rings is 1. The summed E-state index contributed by atoms with van der Waals surface area (Å²) in [6.45, 7) is 0.512. The van der Waals surface area contributed by atoms with E-state index in [1.165, 1.54) is 0 Å². The summed E-state index contributed by atoms with van der Waals surface area (Å²) < 4.78 is 0. The van der Waals surface area contributed by atoms with E-state index in [9.17, 15) is 9.59 Å². The fourth-order valence-electron chi connectivity index (χ4n) is 1.36. The van der Waals surface area contributed by atoms with E-state index in [4.69, 9.17) is 12.2 Å². The molecule has 0 aliphatic carbocycles. The normalized spacial score (nSPS) is 9.50. The van der Waals surface area contributed by atoms with Crippen molar-refractivity contribution in [2.45, 2.75) is 6.42 Å². The van der Waals surface area contributed by atoms with Crippen LogP contribution in [0.3, 0.4) is 0 Å². The first-order valence-electron chi connectivity index (χ1n) is 5.43. The quantitative estimate of drug-likeness (QED) is 0.482. The SMILES string of the molecule is C#CCNCC(=O)Nc1ccc(CC(N)=O)cc1. The third-order valence-corrected chi connectivity index (χ3v) is 2.13. The van der Waals surface area contributed by atoms with Crippen LogP contribution < -0.4 is 16.4 Å². The topological polar surface area (TPSA) is 84.2 Å². The molecule has 2 amide bonds. The van der Waals surface area contributed by atoms with Gasteiger partial charge in [-0.15, -0.1) is 6.42 Å². The van der Waals surface area contributed by atoms with Crippen molar-refractivity contribution in [1.82, 2.24) is 5.32 Å². The molecule has 0 saturated heterocycles. The third-order valence-electron chi connectivity index (χ3n) is 2.13. The number of hydrogen-bond donors (Lipinski definition) is 3. The zero-order valence-corrected chi connectivity index (χ0v) is 9.90. The summed E-state index contributed by atoms with van der Waals surface area (Å²) in [6, 6.07) is 6.93. The lowest BCUT2D eigenvalue weighted by Gasteiger charge is -2.06. The van der Waals surface area contributed by atoms with E-state index in [1.54, 1.807) is 24.3 Å². The Hall–Kier alpha value is -2.32. The van der Waals surface area contributed by atoms with Crippen LogP contribution in [0.15, 0.2) is 24.3 Å². The summed E-state index contributed by atoms with van der Waals surface area (Å²) in [6.07, 6.45) is 5.23. The molecule has 0 heterocycles. The highest BCUT2D eigenvalue weighted by atomic mass is 16.2. The van der Waals surface area contributed by atoms with Crippen molar-refractivity contribution in [2.75, 3.05) is 18.4 Å². The highest BCUT2D eigenvalue weighted by Gasteiger charge is 2.02. The van der Waals surface area contributed by atoms with Gasteiger partial charge < -0.3 is 11.1 Å². The molecular weight excluding hydrogens is 230 g/mol. The maximum absolute atomic E-state index is 11.4. The molecule has 0 bridgehead atoms. The first kappa shape index (κ1) is 13.7. The Labute approximate surface area is 106 Å². The number of nitrogens with two attached hydrogens (primary N) is 1. The van der Waals surface area contributed by atoms with E-state index in [1.807, 2.05) is 0 Å². The van der Waals surface area contributed by atoms with Gasteiger partial charge >= 0.3 is 0 Å². The summed E-state index contributed by atoms with van der Waals surface area (Å²) in [4.78, 5) is 22.1. The lowest BCUT2D eigenvalue weighted by Crippen LogP contribution is -2.28. The van der Waals surface area contributed by atoms with E-state index in [0.29, 0.717) is 12.2 Å². The average molecular weight is 245 g/mol. The molecule has 1 aromatic rings. The first-order valence-corrected chi connectivity index (χ1v) is 5.43. The number of amides is 2. The fraction of sp³-hybridized carbons (Fsp3) is 0.231. The van der Waals surface area contributed by atoms with E-state index < -0.39 is 0 Å². The number of anilines is 1. The lowest BCUT2D eigenvalue weighted by molar-refractivity contribution is -0.117. The van der Waals surface area contributed by atoms with Crippen LogP contribution in [0.25, 0.3) is 0 Å². The zero-order valence-electron chi connectivity index (χ0n) is 9.90. The molecule has 0 saturated carbocycles. The van der Waals surface area contributed by atoms with Crippen molar-refractivity contribution in [2.24, 2.45) is 5.73 Å². The van der Waals surface area contributed by atoms with Gasteiger partial charge in [-0.3, -0.25) is 14.9 Å². The molecule has 0 aromatic heterocycles. The van der Waals surface area contributed by atoms with Crippen molar-refractivity contribution < 1.29 is 9.59 Å². The summed E-state index contributed by atoms with van der Waals surface area (Å²) in [7, 11) is 0. The number of terminal acetylenes is 1. The molecule has 0 atom stereocenters. The summed E-state index contributed by atoms with van der Waals surface area (Å²) in [5.74, 6) is 1.82. The Bertz CT molecular complexity index is 460. The highest BCUT2D eigenvalue weighted by molar-refractivity contribution is 5.92. The molecule has 5 heteroatoms. The molecule has 0 unspecified atom stereocenters. The number of hydrogen-bond acceptors (Lipinski definition) is 3. The molecule has 1 aromatic carbocycles. The molecule has 0 spiro atoms. The Morgan fingerprint density at radius 2 is 1.94 bits per heavy atom. The van der Waals surface area contributed by atoms with Crippen molar-refractivity contribution in [3.8, 4) is 12.3 Å². The van der Waals surface area contributed by atoms with Gasteiger partial charge in [-0.05, 0) is 17.7 Å². The van der Waals surface area contributed by atoms with Gasteiger partial charge in [-0.1, -0.05) is 18.1 Å². The number of carbonyl (C=O) groups is 2. The average Bonchev–Trinajstić information content (AvgIpc) is 2.31. The second kappa shape index (κ2) is 7.09. The third kappa shape index (κ3) is 5.14. The van der Waals surface area contributed by atoms with Crippen LogP contribution in [0.5, 0.6) is 0 Å². The molecular formula is C13H15N3O2. The van der Waals surface area contributed by atoms with Crippen molar-refractivity contribution in [1.29, 1.82) is 0 Å². The predicted octanol–water partition coefficient (Wildman–Crippen LogP) is -0.124. The molecule has 0 fully saturated rings. The van der Waals surface area contributed by atoms with Gasteiger partial charge in [0, 0.05) is 5.69 Å². The molecule has 4 N–H and O–H groups in total. The number of rotatable bonds is 6. The summed E-state index contributed by atoms with van der Waals surface area (Å²) >= 11 is 0. The first-order chi connectivity index (χ1) is 8.61. The smallest absolute Gasteiger partial charge is 0.238 e. The maximum atomic E-state index is 11.4. The lowest BCUT2D eigenvalue weighted by atomic mass is 10.1. The van der Waals surface area contributed by atoms with Gasteiger partial charge in [0.2, 0.25) is 11.8 Å². The van der Waals surface area contributed by atoms with Crippen LogP contribution in [-0.2, 0) is 16.0 Å². The van der Waals surface area contributed by atoms with Crippen LogP contribution in [0.1, 0.15) is 5.56 Å². The van der Waals surface area contributed by atoms with Crippen LogP contribution in [0.4, 0.5) is 5.69 Å². The van der Waals surface area contributed by atoms with Crippen LogP contribution >= 0.6 is 0 Å². The Morgan fingerprint density at radius 1 is 1.28 bits per heavy atom. The Balaban J connectivity index is 2.46. The van der Waals surface area contributed by atoms with Crippen LogP contribution in [-0.4, -0.2) is 24.9 Å². The van der Waals surface area contributed by atoms with E-state index in [-0.39, 0.29) is 24.8 Å². The highest BCUT2D eigenvalue weighted by Crippen LogP contribution is 2.09. The van der Waals surface area contributed by atoms with Gasteiger partial charge in [-0.2, -0.15) is 0 Å². The Morgan fingerprint density at radius 3 is 2.50 bits per heavy atom. The standard InChI is InChI=1S/C13H15N3O2/c1-2-7-15-9-13(18)16-11-5-3-10(4-6-11)8-12(14)17/h1,3-6,15H,7-9H2,(H2,14,17)(H,16,18). The Kier molecular flexibility index (Phi) is 5.42. The van der Waals surface area contributed by atoms with Gasteiger partial charge in [0.1, 0.15) is 0 Å². The van der Waals surface area contributed by atoms with Crippen molar-refractivity contribution in [3.05, 3.63) is 29.8 Å². The second-order valence-corrected chi connectivity index (χ2v) is 3.70. The minimum atomic E-state index is -0.384. The number of nitrogens with one attached hydrogen (secondary N) is 2. The van der Waals surface area contributed by atoms with Crippen LogP contribution in [0.2, 0.25) is 0 Å². The van der Waals surface area contributed by atoms with E-state index in [0.717, 1.165) is 5.56 Å². The molecule has 1 rings (SSSR count). The minimum absolute atomic E-state index is 0.160. The molecule has 0 radical (unpaired) electrons. The zero-order chi connectivity index (χ0) is 13.4. The van der Waals surface area contributed by atoms with Gasteiger partial charge in [-0.25, -0.2) is 0 Å². The molecule has 18 heavy (non-hydrogen) atoms. The van der Waals surface area contributed by atoms with Crippen molar-refractivity contribution in [3.63, 3.8) is 0 Å². The fourth-order valence-corrected chi connectivity index (χ4v) is 1.36. The number of primary amides is 1. The molecule has 5 nitrogen and oxygen atoms in total. The van der Waals surface area contributed by atoms with Gasteiger partial charge in [0.15, 0.2) is 0 Å².